The molecule has 0 saturated carbocycles. The standard InChI is InChI=1S/C19H27N3O2S/c23-18(10-9-17-8-4-15-24-17)21-13-5-14-22(21)19(25)20-12-11-16-6-2-1-3-7-16/h4,6,8,15H,1-3,5,7,9-14H2,(H,20,25). The fourth-order valence-corrected chi connectivity index (χ4v) is 3.74. The van der Waals surface area contributed by atoms with Gasteiger partial charge in [0.2, 0.25) is 5.91 Å². The molecule has 136 valence electrons. The van der Waals surface area contributed by atoms with Crippen LogP contribution in [-0.4, -0.2) is 40.7 Å². The quantitative estimate of drug-likeness (QED) is 0.621. The minimum atomic E-state index is 0.105. The van der Waals surface area contributed by atoms with Crippen molar-refractivity contribution in [3.8, 4) is 0 Å². The predicted molar refractivity (Wildman–Crippen MR) is 102 cm³/mol. The van der Waals surface area contributed by atoms with E-state index in [0.717, 1.165) is 38.2 Å². The normalized spacial score (nSPS) is 17.5. The molecule has 0 bridgehead atoms. The number of nitrogens with one attached hydrogen (secondary N) is 1. The second kappa shape index (κ2) is 9.04. The van der Waals surface area contributed by atoms with E-state index < -0.39 is 0 Å². The number of nitrogens with zero attached hydrogens (tertiary/aromatic N) is 2. The molecule has 3 rings (SSSR count). The van der Waals surface area contributed by atoms with Gasteiger partial charge in [-0.3, -0.25) is 14.8 Å². The summed E-state index contributed by atoms with van der Waals surface area (Å²) in [4.78, 5) is 12.5. The van der Waals surface area contributed by atoms with Crippen LogP contribution in [0.15, 0.2) is 34.5 Å². The third kappa shape index (κ3) is 5.08. The molecule has 0 atom stereocenters. The lowest BCUT2D eigenvalue weighted by Gasteiger charge is -2.30. The summed E-state index contributed by atoms with van der Waals surface area (Å²) >= 11 is 5.52. The Bertz CT molecular complexity index is 612. The van der Waals surface area contributed by atoms with Gasteiger partial charge in [0.1, 0.15) is 5.76 Å². The molecule has 0 aromatic carbocycles. The van der Waals surface area contributed by atoms with Gasteiger partial charge in [-0.15, -0.1) is 0 Å². The predicted octanol–water partition coefficient (Wildman–Crippen LogP) is 3.43. The Hall–Kier alpha value is -1.82. The van der Waals surface area contributed by atoms with Crippen molar-refractivity contribution in [3.05, 3.63) is 35.8 Å². The smallest absolute Gasteiger partial charge is 0.241 e. The van der Waals surface area contributed by atoms with Crippen LogP contribution < -0.4 is 5.32 Å². The van der Waals surface area contributed by atoms with E-state index in [0.29, 0.717) is 18.0 Å². The first-order chi connectivity index (χ1) is 12.2. The van der Waals surface area contributed by atoms with Gasteiger partial charge in [0.15, 0.2) is 5.11 Å². The van der Waals surface area contributed by atoms with Crippen LogP contribution in [0, 0.1) is 0 Å². The number of amides is 1. The van der Waals surface area contributed by atoms with Crippen molar-refractivity contribution in [3.63, 3.8) is 0 Å². The molecule has 1 fully saturated rings. The molecule has 1 N–H and O–H groups in total. The van der Waals surface area contributed by atoms with Gasteiger partial charge in [0, 0.05) is 32.5 Å². The number of aryl methyl sites for hydroxylation is 1. The first kappa shape index (κ1) is 18.0. The molecule has 1 aliphatic heterocycles. The lowest BCUT2D eigenvalue weighted by atomic mass is 9.97. The maximum Gasteiger partial charge on any atom is 0.241 e. The van der Waals surface area contributed by atoms with Crippen molar-refractivity contribution >= 4 is 23.2 Å². The molecule has 1 amide bonds. The molecule has 1 saturated heterocycles. The second-order valence-corrected chi connectivity index (χ2v) is 7.05. The average Bonchev–Trinajstić information content (AvgIpc) is 3.32. The highest BCUT2D eigenvalue weighted by molar-refractivity contribution is 7.80. The minimum Gasteiger partial charge on any atom is -0.469 e. The minimum absolute atomic E-state index is 0.105. The van der Waals surface area contributed by atoms with Crippen LogP contribution in [0.5, 0.6) is 0 Å². The number of allylic oxidation sites excluding steroid dienone is 1. The molecule has 5 nitrogen and oxygen atoms in total. The first-order valence-electron chi connectivity index (χ1n) is 9.30. The van der Waals surface area contributed by atoms with Gasteiger partial charge in [-0.1, -0.05) is 11.6 Å². The zero-order valence-corrected chi connectivity index (χ0v) is 15.5. The molecule has 2 heterocycles. The van der Waals surface area contributed by atoms with Crippen molar-refractivity contribution in [2.75, 3.05) is 19.6 Å². The van der Waals surface area contributed by atoms with Crippen molar-refractivity contribution in [2.24, 2.45) is 0 Å². The van der Waals surface area contributed by atoms with Crippen LogP contribution in [-0.2, 0) is 11.2 Å². The molecule has 2 aliphatic rings. The number of carbonyl (C=O) groups excluding carboxylic acids is 1. The number of hydrazine groups is 1. The van der Waals surface area contributed by atoms with Gasteiger partial charge in [0.25, 0.3) is 0 Å². The van der Waals surface area contributed by atoms with E-state index in [1.807, 2.05) is 17.1 Å². The van der Waals surface area contributed by atoms with E-state index >= 15 is 0 Å². The monoisotopic (exact) mass is 361 g/mol. The van der Waals surface area contributed by atoms with Gasteiger partial charge in [-0.05, 0) is 62.9 Å². The van der Waals surface area contributed by atoms with Crippen LogP contribution in [0.25, 0.3) is 0 Å². The number of hydrogen-bond donors (Lipinski definition) is 1. The molecular formula is C19H27N3O2S. The zero-order valence-electron chi connectivity index (χ0n) is 14.7. The van der Waals surface area contributed by atoms with Crippen molar-refractivity contribution in [2.45, 2.75) is 51.4 Å². The summed E-state index contributed by atoms with van der Waals surface area (Å²) in [6, 6.07) is 3.75. The third-order valence-corrected chi connectivity index (χ3v) is 5.18. The van der Waals surface area contributed by atoms with Crippen molar-refractivity contribution in [1.29, 1.82) is 0 Å². The maximum atomic E-state index is 12.5. The van der Waals surface area contributed by atoms with Crippen LogP contribution in [0.4, 0.5) is 0 Å². The summed E-state index contributed by atoms with van der Waals surface area (Å²) in [7, 11) is 0. The molecule has 6 heteroatoms. The first-order valence-corrected chi connectivity index (χ1v) is 9.71. The Labute approximate surface area is 155 Å². The summed E-state index contributed by atoms with van der Waals surface area (Å²) in [5.41, 5.74) is 1.54. The lowest BCUT2D eigenvalue weighted by molar-refractivity contribution is -0.138. The van der Waals surface area contributed by atoms with Crippen LogP contribution >= 0.6 is 12.2 Å². The van der Waals surface area contributed by atoms with Crippen LogP contribution in [0.2, 0.25) is 0 Å². The summed E-state index contributed by atoms with van der Waals surface area (Å²) in [5, 5.41) is 7.71. The van der Waals surface area contributed by atoms with E-state index in [1.54, 1.807) is 11.3 Å². The van der Waals surface area contributed by atoms with Gasteiger partial charge in [0.05, 0.1) is 6.26 Å². The van der Waals surface area contributed by atoms with Gasteiger partial charge < -0.3 is 9.73 Å². The van der Waals surface area contributed by atoms with E-state index in [1.165, 1.54) is 31.3 Å². The summed E-state index contributed by atoms with van der Waals surface area (Å²) in [5.74, 6) is 0.952. The molecule has 0 unspecified atom stereocenters. The third-order valence-electron chi connectivity index (χ3n) is 4.83. The highest BCUT2D eigenvalue weighted by Gasteiger charge is 2.28. The number of carbonyl (C=O) groups is 1. The Balaban J connectivity index is 1.44. The molecular weight excluding hydrogens is 334 g/mol. The number of rotatable bonds is 6. The highest BCUT2D eigenvalue weighted by atomic mass is 32.1. The summed E-state index contributed by atoms with van der Waals surface area (Å²) < 4.78 is 5.30. The molecule has 1 aromatic rings. The van der Waals surface area contributed by atoms with E-state index in [4.69, 9.17) is 16.6 Å². The number of hydrogen-bond acceptors (Lipinski definition) is 3. The van der Waals surface area contributed by atoms with Crippen LogP contribution in [0.1, 0.15) is 50.7 Å². The van der Waals surface area contributed by atoms with E-state index in [2.05, 4.69) is 11.4 Å². The fraction of sp³-hybridized carbons (Fsp3) is 0.579. The van der Waals surface area contributed by atoms with E-state index in [-0.39, 0.29) is 5.91 Å². The molecule has 0 spiro atoms. The average molecular weight is 362 g/mol. The second-order valence-electron chi connectivity index (χ2n) is 6.66. The Morgan fingerprint density at radius 1 is 1.20 bits per heavy atom. The van der Waals surface area contributed by atoms with Crippen molar-refractivity contribution in [1.82, 2.24) is 15.3 Å². The van der Waals surface area contributed by atoms with Crippen molar-refractivity contribution < 1.29 is 9.21 Å². The molecule has 0 radical (unpaired) electrons. The molecule has 25 heavy (non-hydrogen) atoms. The number of furan rings is 1. The molecule has 1 aliphatic carbocycles. The lowest BCUT2D eigenvalue weighted by Crippen LogP contribution is -2.49. The van der Waals surface area contributed by atoms with E-state index in [9.17, 15) is 4.79 Å². The zero-order chi connectivity index (χ0) is 17.5. The Morgan fingerprint density at radius 3 is 2.84 bits per heavy atom. The maximum absolute atomic E-state index is 12.5. The van der Waals surface area contributed by atoms with Gasteiger partial charge in [-0.2, -0.15) is 0 Å². The SMILES string of the molecule is O=C(CCc1ccco1)N1CCCN1C(=S)NCCC1=CCCCC1. The Kier molecular flexibility index (Phi) is 6.50. The van der Waals surface area contributed by atoms with Gasteiger partial charge >= 0.3 is 0 Å². The number of thiocarbonyl (C=S) groups is 1. The van der Waals surface area contributed by atoms with Gasteiger partial charge in [-0.25, -0.2) is 0 Å². The summed E-state index contributed by atoms with van der Waals surface area (Å²) in [6.07, 6.45) is 12.1. The summed E-state index contributed by atoms with van der Waals surface area (Å²) in [6.45, 7) is 2.39. The Morgan fingerprint density at radius 2 is 2.08 bits per heavy atom. The topological polar surface area (TPSA) is 48.7 Å². The molecule has 1 aromatic heterocycles. The van der Waals surface area contributed by atoms with Crippen LogP contribution in [0.3, 0.4) is 0 Å². The largest absolute Gasteiger partial charge is 0.469 e. The highest BCUT2D eigenvalue weighted by Crippen LogP contribution is 2.19. The fourth-order valence-electron chi connectivity index (χ4n) is 3.45.